The van der Waals surface area contributed by atoms with Crippen LogP contribution < -0.4 is 20.5 Å². The number of aromatic nitrogens is 2. The van der Waals surface area contributed by atoms with Gasteiger partial charge in [0.1, 0.15) is 5.82 Å². The zero-order valence-corrected chi connectivity index (χ0v) is 14.7. The van der Waals surface area contributed by atoms with Crippen LogP contribution in [0.25, 0.3) is 0 Å². The lowest BCUT2D eigenvalue weighted by Crippen LogP contribution is -2.16. The SMILES string of the molecule is C=CCc1c(C)nc(N)nc1NC[C@@H](O)c1ccc(OC)c(OC)c1. The molecule has 2 aromatic rings. The molecule has 0 bridgehead atoms. The number of benzene rings is 1. The molecule has 0 aliphatic carbocycles. The molecule has 7 heteroatoms. The predicted octanol–water partition coefficient (Wildman–Crippen LogP) is 2.26. The van der Waals surface area contributed by atoms with Gasteiger partial charge in [0.05, 0.1) is 20.3 Å². The number of allylic oxidation sites excluding steroid dienone is 1. The Kier molecular flexibility index (Phi) is 6.19. The van der Waals surface area contributed by atoms with Crippen LogP contribution >= 0.6 is 0 Å². The second-order valence-electron chi connectivity index (χ2n) is 5.50. The molecule has 1 aromatic carbocycles. The first-order valence-corrected chi connectivity index (χ1v) is 7.87. The minimum atomic E-state index is -0.757. The van der Waals surface area contributed by atoms with Gasteiger partial charge in [0.2, 0.25) is 5.95 Å². The van der Waals surface area contributed by atoms with E-state index in [0.717, 1.165) is 11.3 Å². The number of aryl methyl sites for hydroxylation is 1. The zero-order valence-electron chi connectivity index (χ0n) is 14.7. The van der Waals surface area contributed by atoms with Crippen molar-refractivity contribution in [3.05, 3.63) is 47.7 Å². The monoisotopic (exact) mass is 344 g/mol. The lowest BCUT2D eigenvalue weighted by molar-refractivity contribution is 0.191. The molecule has 4 N–H and O–H groups in total. The lowest BCUT2D eigenvalue weighted by Gasteiger charge is -2.17. The number of nitrogen functional groups attached to an aromatic ring is 1. The van der Waals surface area contributed by atoms with Crippen molar-refractivity contribution in [2.45, 2.75) is 19.4 Å². The van der Waals surface area contributed by atoms with Crippen molar-refractivity contribution in [2.75, 3.05) is 31.8 Å². The number of nitrogens with one attached hydrogen (secondary N) is 1. The van der Waals surface area contributed by atoms with Gasteiger partial charge in [-0.15, -0.1) is 6.58 Å². The van der Waals surface area contributed by atoms with Crippen LogP contribution in [0.5, 0.6) is 11.5 Å². The summed E-state index contributed by atoms with van der Waals surface area (Å²) in [6.07, 6.45) is 1.63. The molecule has 1 atom stereocenters. The summed E-state index contributed by atoms with van der Waals surface area (Å²) in [4.78, 5) is 8.40. The fraction of sp³-hybridized carbons (Fsp3) is 0.333. The van der Waals surface area contributed by atoms with Crippen molar-refractivity contribution >= 4 is 11.8 Å². The highest BCUT2D eigenvalue weighted by Crippen LogP contribution is 2.30. The number of hydrogen-bond acceptors (Lipinski definition) is 7. The number of nitrogens with zero attached hydrogens (tertiary/aromatic N) is 2. The number of ether oxygens (including phenoxy) is 2. The molecular weight excluding hydrogens is 320 g/mol. The van der Waals surface area contributed by atoms with E-state index in [1.54, 1.807) is 38.5 Å². The predicted molar refractivity (Wildman–Crippen MR) is 98.1 cm³/mol. The summed E-state index contributed by atoms with van der Waals surface area (Å²) in [5, 5.41) is 13.6. The van der Waals surface area contributed by atoms with Crippen molar-refractivity contribution in [3.63, 3.8) is 0 Å². The highest BCUT2D eigenvalue weighted by molar-refractivity contribution is 5.51. The maximum Gasteiger partial charge on any atom is 0.222 e. The first kappa shape index (κ1) is 18.5. The number of nitrogens with two attached hydrogens (primary N) is 1. The van der Waals surface area contributed by atoms with Crippen LogP contribution in [0.4, 0.5) is 11.8 Å². The summed E-state index contributed by atoms with van der Waals surface area (Å²) < 4.78 is 10.5. The van der Waals surface area contributed by atoms with Crippen LogP contribution in [0.3, 0.4) is 0 Å². The average molecular weight is 344 g/mol. The zero-order chi connectivity index (χ0) is 18.4. The van der Waals surface area contributed by atoms with Gasteiger partial charge in [-0.1, -0.05) is 12.1 Å². The summed E-state index contributed by atoms with van der Waals surface area (Å²) in [7, 11) is 3.12. The Hall–Kier alpha value is -2.80. The molecule has 0 spiro atoms. The Morgan fingerprint density at radius 1 is 1.28 bits per heavy atom. The second-order valence-corrected chi connectivity index (χ2v) is 5.50. The van der Waals surface area contributed by atoms with Crippen molar-refractivity contribution < 1.29 is 14.6 Å². The Balaban J connectivity index is 2.17. The van der Waals surface area contributed by atoms with Crippen molar-refractivity contribution in [3.8, 4) is 11.5 Å². The van der Waals surface area contributed by atoms with E-state index in [-0.39, 0.29) is 12.5 Å². The van der Waals surface area contributed by atoms with E-state index in [4.69, 9.17) is 15.2 Å². The molecule has 0 aliphatic heterocycles. The van der Waals surface area contributed by atoms with Gasteiger partial charge < -0.3 is 25.6 Å². The van der Waals surface area contributed by atoms with E-state index >= 15 is 0 Å². The lowest BCUT2D eigenvalue weighted by atomic mass is 10.1. The molecule has 25 heavy (non-hydrogen) atoms. The molecule has 0 saturated heterocycles. The molecule has 2 rings (SSSR count). The van der Waals surface area contributed by atoms with Gasteiger partial charge in [0, 0.05) is 17.8 Å². The molecule has 0 aliphatic rings. The van der Waals surface area contributed by atoms with E-state index in [1.807, 2.05) is 6.92 Å². The maximum atomic E-state index is 10.5. The van der Waals surface area contributed by atoms with Gasteiger partial charge in [-0.05, 0) is 31.0 Å². The summed E-state index contributed by atoms with van der Waals surface area (Å²) in [6, 6.07) is 5.29. The molecule has 1 heterocycles. The fourth-order valence-electron chi connectivity index (χ4n) is 2.52. The van der Waals surface area contributed by atoms with Gasteiger partial charge >= 0.3 is 0 Å². The summed E-state index contributed by atoms with van der Waals surface area (Å²) in [5.74, 6) is 1.96. The van der Waals surface area contributed by atoms with Crippen LogP contribution in [-0.4, -0.2) is 35.8 Å². The second kappa shape index (κ2) is 8.34. The molecule has 0 saturated carbocycles. The molecule has 0 radical (unpaired) electrons. The minimum absolute atomic E-state index is 0.188. The van der Waals surface area contributed by atoms with Crippen LogP contribution in [0.15, 0.2) is 30.9 Å². The van der Waals surface area contributed by atoms with Crippen LogP contribution in [0.1, 0.15) is 22.9 Å². The summed E-state index contributed by atoms with van der Waals surface area (Å²) >= 11 is 0. The standard InChI is InChI=1S/C18H24N4O3/c1-5-6-13-11(2)21-18(19)22-17(13)20-10-14(23)12-7-8-15(24-3)16(9-12)25-4/h5,7-9,14,23H,1,6,10H2,2-4H3,(H3,19,20,21,22)/t14-/m1/s1. The van der Waals surface area contributed by atoms with Crippen molar-refractivity contribution in [1.29, 1.82) is 0 Å². The first-order valence-electron chi connectivity index (χ1n) is 7.87. The number of rotatable bonds is 8. The Morgan fingerprint density at radius 3 is 2.64 bits per heavy atom. The van der Waals surface area contributed by atoms with E-state index in [2.05, 4.69) is 21.9 Å². The topological polar surface area (TPSA) is 103 Å². The third-order valence-electron chi connectivity index (χ3n) is 3.83. The third kappa shape index (κ3) is 4.39. The van der Waals surface area contributed by atoms with E-state index < -0.39 is 6.10 Å². The molecule has 7 nitrogen and oxygen atoms in total. The summed E-state index contributed by atoms with van der Waals surface area (Å²) in [5.41, 5.74) is 8.13. The molecular formula is C18H24N4O3. The number of aliphatic hydroxyl groups is 1. The number of aliphatic hydroxyl groups excluding tert-OH is 1. The van der Waals surface area contributed by atoms with E-state index in [9.17, 15) is 5.11 Å². The first-order chi connectivity index (χ1) is 12.0. The van der Waals surface area contributed by atoms with Gasteiger partial charge in [0.15, 0.2) is 11.5 Å². The largest absolute Gasteiger partial charge is 0.493 e. The highest BCUT2D eigenvalue weighted by atomic mass is 16.5. The van der Waals surface area contributed by atoms with Gasteiger partial charge in [0.25, 0.3) is 0 Å². The minimum Gasteiger partial charge on any atom is -0.493 e. The number of anilines is 2. The molecule has 0 fully saturated rings. The quantitative estimate of drug-likeness (QED) is 0.631. The molecule has 0 unspecified atom stereocenters. The van der Waals surface area contributed by atoms with E-state index in [0.29, 0.717) is 29.3 Å². The summed E-state index contributed by atoms with van der Waals surface area (Å²) in [6.45, 7) is 5.88. The Morgan fingerprint density at radius 2 is 2.00 bits per heavy atom. The van der Waals surface area contributed by atoms with Crippen LogP contribution in [-0.2, 0) is 6.42 Å². The van der Waals surface area contributed by atoms with Gasteiger partial charge in [-0.3, -0.25) is 0 Å². The van der Waals surface area contributed by atoms with Crippen LogP contribution in [0, 0.1) is 6.92 Å². The van der Waals surface area contributed by atoms with Crippen LogP contribution in [0.2, 0.25) is 0 Å². The number of hydrogen-bond donors (Lipinski definition) is 3. The average Bonchev–Trinajstić information content (AvgIpc) is 2.61. The maximum absolute atomic E-state index is 10.5. The van der Waals surface area contributed by atoms with Crippen molar-refractivity contribution in [2.24, 2.45) is 0 Å². The molecule has 1 aromatic heterocycles. The number of methoxy groups -OCH3 is 2. The smallest absolute Gasteiger partial charge is 0.222 e. The van der Waals surface area contributed by atoms with Crippen molar-refractivity contribution in [1.82, 2.24) is 9.97 Å². The third-order valence-corrected chi connectivity index (χ3v) is 3.83. The van der Waals surface area contributed by atoms with E-state index in [1.165, 1.54) is 0 Å². The highest BCUT2D eigenvalue weighted by Gasteiger charge is 2.14. The normalized spacial score (nSPS) is 11.7. The molecule has 134 valence electrons. The molecule has 0 amide bonds. The fourth-order valence-corrected chi connectivity index (χ4v) is 2.52. The Labute approximate surface area is 147 Å². The van der Waals surface area contributed by atoms with Gasteiger partial charge in [-0.2, -0.15) is 4.98 Å². The Bertz CT molecular complexity index is 749. The van der Waals surface area contributed by atoms with Gasteiger partial charge in [-0.25, -0.2) is 4.98 Å².